The molecule has 0 spiro atoms. The summed E-state index contributed by atoms with van der Waals surface area (Å²) in [5.74, 6) is 2.99. The van der Waals surface area contributed by atoms with Crippen LogP contribution >= 0.6 is 46.4 Å². The van der Waals surface area contributed by atoms with Crippen molar-refractivity contribution in [1.29, 1.82) is 5.26 Å². The highest BCUT2D eigenvalue weighted by Crippen LogP contribution is 2.55. The number of H-pyrrole nitrogens is 2. The molecule has 0 bridgehead atoms. The second-order valence-corrected chi connectivity index (χ2v) is 25.3. The zero-order chi connectivity index (χ0) is 54.6. The van der Waals surface area contributed by atoms with Crippen molar-refractivity contribution < 1.29 is 14.3 Å². The van der Waals surface area contributed by atoms with Gasteiger partial charge in [0, 0.05) is 123 Å². The van der Waals surface area contributed by atoms with Crippen LogP contribution in [0.15, 0.2) is 43.4 Å². The van der Waals surface area contributed by atoms with E-state index in [-0.39, 0.29) is 56.2 Å². The number of halogens is 4. The van der Waals surface area contributed by atoms with E-state index in [1.54, 1.807) is 37.2 Å². The number of nitriles is 1. The second kappa shape index (κ2) is 20.4. The Morgan fingerprint density at radius 2 is 1.00 bits per heavy atom. The van der Waals surface area contributed by atoms with Crippen molar-refractivity contribution in [2.45, 2.75) is 74.3 Å². The molecule has 11 heterocycles. The van der Waals surface area contributed by atoms with E-state index in [1.165, 1.54) is 6.20 Å². The number of ether oxygens (including phenoxy) is 1. The molecule has 5 aromatic rings. The number of nitrogens with one attached hydrogen (secondary N) is 5. The van der Waals surface area contributed by atoms with E-state index in [1.807, 2.05) is 36.6 Å². The van der Waals surface area contributed by atoms with Crippen molar-refractivity contribution in [3.8, 4) is 6.07 Å². The van der Waals surface area contributed by atoms with Crippen LogP contribution in [0.3, 0.4) is 0 Å². The van der Waals surface area contributed by atoms with Gasteiger partial charge < -0.3 is 45.2 Å². The molecular weight excluding hydrogens is 1060 g/mol. The summed E-state index contributed by atoms with van der Waals surface area (Å²) in [7, 11) is 0. The minimum absolute atomic E-state index is 0.0728. The average Bonchev–Trinajstić information content (AvgIpc) is 4.23. The van der Waals surface area contributed by atoms with Crippen molar-refractivity contribution in [3.63, 3.8) is 0 Å². The summed E-state index contributed by atoms with van der Waals surface area (Å²) in [4.78, 5) is 60.8. The minimum atomic E-state index is -0.492. The Kier molecular flexibility index (Phi) is 14.7. The van der Waals surface area contributed by atoms with Crippen LogP contribution in [0.1, 0.15) is 68.7 Å². The fourth-order valence-corrected chi connectivity index (χ4v) is 12.5. The van der Waals surface area contributed by atoms with Crippen LogP contribution in [0.4, 0.5) is 45.5 Å². The van der Waals surface area contributed by atoms with Crippen LogP contribution in [0.25, 0.3) is 0 Å². The number of hydrogen-bond donors (Lipinski definition) is 5. The summed E-state index contributed by atoms with van der Waals surface area (Å²) in [5.41, 5.74) is 1.19. The van der Waals surface area contributed by atoms with E-state index in [2.05, 4.69) is 122 Å². The molecule has 6 aliphatic heterocycles. The highest BCUT2D eigenvalue weighted by Gasteiger charge is 2.61. The number of carbonyl (C=O) groups is 2. The SMILES string of the molecule is CC(C)(C)OC(=O)N1C[C@@]2(C)CN(c3nc(Cl)ncc3Cl)C[C@@]2(C)C1.C[C@@]12CN(C(=O)CC#N)C[C@]1(C)CN(c1nc(Nc3cn[nH]c3)ncc1Cl)C2.C[C@@]12CNC[C@]1(C)CN(c1nc(Nc3cn[nH]c3)ncc1Cl)C2. The molecule has 6 fully saturated rings. The van der Waals surface area contributed by atoms with Gasteiger partial charge >= 0.3 is 6.09 Å². The van der Waals surface area contributed by atoms with Gasteiger partial charge in [-0.2, -0.15) is 30.4 Å². The maximum absolute atomic E-state index is 12.5. The molecule has 6 atom stereocenters. The first-order valence-corrected chi connectivity index (χ1v) is 26.6. The van der Waals surface area contributed by atoms with Gasteiger partial charge in [-0.05, 0) is 32.4 Å². The Bertz CT molecular complexity index is 2940. The summed E-state index contributed by atoms with van der Waals surface area (Å²) in [6.45, 7) is 28.5. The molecule has 26 heteroatoms. The fourth-order valence-electron chi connectivity index (χ4n) is 11.8. The van der Waals surface area contributed by atoms with Gasteiger partial charge in [0.25, 0.3) is 0 Å². The summed E-state index contributed by atoms with van der Waals surface area (Å²) in [6.07, 6.45) is 11.3. The van der Waals surface area contributed by atoms with Crippen molar-refractivity contribution in [3.05, 3.63) is 63.7 Å². The second-order valence-electron chi connectivity index (χ2n) is 23.7. The Morgan fingerprint density at radius 3 is 1.39 bits per heavy atom. The van der Waals surface area contributed by atoms with Gasteiger partial charge in [0.05, 0.1) is 48.4 Å². The number of rotatable bonds is 8. The lowest BCUT2D eigenvalue weighted by atomic mass is 9.71. The lowest BCUT2D eigenvalue weighted by molar-refractivity contribution is -0.129. The van der Waals surface area contributed by atoms with E-state index in [0.717, 1.165) is 69.6 Å². The van der Waals surface area contributed by atoms with Crippen LogP contribution in [0, 0.1) is 43.8 Å². The molecule has 0 aliphatic carbocycles. The van der Waals surface area contributed by atoms with Gasteiger partial charge in [-0.1, -0.05) is 76.3 Å². The number of anilines is 7. The molecule has 0 radical (unpaired) electrons. The third-order valence-electron chi connectivity index (χ3n) is 16.6. The molecule has 11 rings (SSSR count). The minimum Gasteiger partial charge on any atom is -0.444 e. The Labute approximate surface area is 462 Å². The molecule has 5 aromatic heterocycles. The van der Waals surface area contributed by atoms with E-state index in [4.69, 9.17) is 56.4 Å². The normalized spacial score (nSPS) is 28.2. The summed E-state index contributed by atoms with van der Waals surface area (Å²) < 4.78 is 5.54. The largest absolute Gasteiger partial charge is 0.444 e. The zero-order valence-electron chi connectivity index (χ0n) is 44.2. The molecular formula is C50H65Cl4N19O3. The Hall–Kier alpha value is -5.99. The third kappa shape index (κ3) is 10.8. The van der Waals surface area contributed by atoms with Crippen molar-refractivity contribution >= 4 is 99.1 Å². The van der Waals surface area contributed by atoms with Gasteiger partial charge in [0.1, 0.15) is 27.1 Å². The molecule has 22 nitrogen and oxygen atoms in total. The maximum atomic E-state index is 12.5. The summed E-state index contributed by atoms with van der Waals surface area (Å²) >= 11 is 25.0. The van der Waals surface area contributed by atoms with Crippen LogP contribution in [-0.4, -0.2) is 156 Å². The standard InChI is InChI=1S/C18H21ClN8O.C17H24Cl2N4O2.C15H20ClN7/c1-17-8-26(14(28)3-4-20)9-18(17,2)11-27(10-17)15-13(19)7-21-16(25-15)24-12-5-22-23-6-12;1-15(2,3)25-14(24)23-9-16(4)7-22(8-17(16,5)10-23)12-11(18)6-20-13(19)21-12;1-14-6-17-7-15(14,2)9-23(8-14)12-11(16)5-18-13(22-12)21-10-3-19-20-4-10/h5-7H,3,8-11H2,1-2H3,(H,22,23)(H,21,24,25);6H,7-10H2,1-5H3;3-5,17H,6-9H2,1-2H3,(H,19,20)(H,18,21,22)/t17-,18+;16-,17+;14-,15+. The van der Waals surface area contributed by atoms with Crippen molar-refractivity contribution in [2.24, 2.45) is 32.5 Å². The highest BCUT2D eigenvalue weighted by molar-refractivity contribution is 6.34. The molecule has 0 saturated carbocycles. The number of hydrogen-bond acceptors (Lipinski definition) is 18. The van der Waals surface area contributed by atoms with Gasteiger partial charge in [-0.3, -0.25) is 15.0 Å². The quantitative estimate of drug-likeness (QED) is 0.0920. The van der Waals surface area contributed by atoms with Gasteiger partial charge in [0.15, 0.2) is 17.5 Å². The first-order valence-electron chi connectivity index (χ1n) is 25.1. The van der Waals surface area contributed by atoms with Gasteiger partial charge in [-0.25, -0.2) is 19.7 Å². The predicted molar refractivity (Wildman–Crippen MR) is 293 cm³/mol. The van der Waals surface area contributed by atoms with Crippen LogP contribution in [0.5, 0.6) is 0 Å². The highest BCUT2D eigenvalue weighted by atomic mass is 35.5. The van der Waals surface area contributed by atoms with Gasteiger partial charge in [0.2, 0.25) is 23.1 Å². The topological polar surface area (TPSA) is 254 Å². The summed E-state index contributed by atoms with van der Waals surface area (Å²) in [5, 5.41) is 33.6. The number of aromatic amines is 2. The van der Waals surface area contributed by atoms with E-state index < -0.39 is 5.60 Å². The number of amides is 2. The first kappa shape index (κ1) is 54.8. The molecule has 0 aromatic carbocycles. The zero-order valence-corrected chi connectivity index (χ0v) is 47.3. The number of fused-ring (bicyclic) bond motifs is 3. The predicted octanol–water partition coefficient (Wildman–Crippen LogP) is 8.08. The molecule has 6 saturated heterocycles. The van der Waals surface area contributed by atoms with E-state index >= 15 is 0 Å². The molecule has 5 N–H and O–H groups in total. The monoisotopic (exact) mass is 1120 g/mol. The summed E-state index contributed by atoms with van der Waals surface area (Å²) in [6, 6.07) is 1.95. The molecule has 0 unspecified atom stereocenters. The van der Waals surface area contributed by atoms with Crippen molar-refractivity contribution in [2.75, 3.05) is 104 Å². The van der Waals surface area contributed by atoms with E-state index in [9.17, 15) is 9.59 Å². The lowest BCUT2D eigenvalue weighted by Gasteiger charge is -2.30. The maximum Gasteiger partial charge on any atom is 0.410 e. The molecule has 6 aliphatic rings. The number of aromatic nitrogens is 10. The van der Waals surface area contributed by atoms with Crippen molar-refractivity contribution in [1.82, 2.24) is 65.4 Å². The smallest absolute Gasteiger partial charge is 0.410 e. The van der Waals surface area contributed by atoms with Gasteiger partial charge in [-0.15, -0.1) is 0 Å². The first-order chi connectivity index (χ1) is 35.7. The molecule has 76 heavy (non-hydrogen) atoms. The molecule has 2 amide bonds. The number of likely N-dealkylation sites (tertiary alicyclic amines) is 2. The Morgan fingerprint density at radius 1 is 0.605 bits per heavy atom. The fraction of sp³-hybridized carbons (Fsp3) is 0.580. The Balaban J connectivity index is 0.000000140. The van der Waals surface area contributed by atoms with Crippen LogP contribution < -0.4 is 30.7 Å². The number of nitrogens with zero attached hydrogens (tertiary/aromatic N) is 14. The average molecular weight is 1120 g/mol. The van der Waals surface area contributed by atoms with E-state index in [0.29, 0.717) is 64.8 Å². The lowest BCUT2D eigenvalue weighted by Crippen LogP contribution is -2.39. The number of carbonyl (C=O) groups excluding carboxylic acids is 2. The third-order valence-corrected chi connectivity index (χ3v) is 17.6. The van der Waals surface area contributed by atoms with Crippen LogP contribution in [0.2, 0.25) is 20.4 Å². The molecule has 406 valence electrons. The van der Waals surface area contributed by atoms with Crippen LogP contribution in [-0.2, 0) is 9.53 Å².